The van der Waals surface area contributed by atoms with Crippen LogP contribution in [0.15, 0.2) is 42.0 Å². The van der Waals surface area contributed by atoms with E-state index in [1.165, 1.54) is 9.75 Å². The molecule has 18 heavy (non-hydrogen) atoms. The van der Waals surface area contributed by atoms with Crippen molar-refractivity contribution in [3.05, 3.63) is 47.0 Å². The van der Waals surface area contributed by atoms with E-state index >= 15 is 0 Å². The molecular formula is C13H11N3S2. The second-order valence-electron chi connectivity index (χ2n) is 3.70. The minimum atomic E-state index is 0.480. The Morgan fingerprint density at radius 3 is 2.67 bits per heavy atom. The molecule has 0 atom stereocenters. The Kier molecular flexibility index (Phi) is 3.19. The van der Waals surface area contributed by atoms with E-state index in [-0.39, 0.29) is 0 Å². The smallest absolute Gasteiger partial charge is 0.108 e. The van der Waals surface area contributed by atoms with E-state index in [1.54, 1.807) is 35.1 Å². The molecule has 0 saturated carbocycles. The molecule has 0 aliphatic heterocycles. The molecule has 3 nitrogen and oxygen atoms in total. The maximum absolute atomic E-state index is 5.70. The van der Waals surface area contributed by atoms with Crippen LogP contribution in [0.25, 0.3) is 21.0 Å². The van der Waals surface area contributed by atoms with Crippen molar-refractivity contribution in [2.45, 2.75) is 6.54 Å². The molecular weight excluding hydrogens is 262 g/mol. The Morgan fingerprint density at radius 2 is 2.00 bits per heavy atom. The quantitative estimate of drug-likeness (QED) is 0.795. The zero-order chi connectivity index (χ0) is 12.4. The summed E-state index contributed by atoms with van der Waals surface area (Å²) in [5, 5.41) is 3.04. The lowest BCUT2D eigenvalue weighted by Crippen LogP contribution is -1.94. The van der Waals surface area contributed by atoms with Crippen LogP contribution >= 0.6 is 22.7 Å². The minimum absolute atomic E-state index is 0.480. The van der Waals surface area contributed by atoms with Crippen LogP contribution < -0.4 is 5.73 Å². The van der Waals surface area contributed by atoms with E-state index in [0.29, 0.717) is 6.54 Å². The minimum Gasteiger partial charge on any atom is -0.325 e. The van der Waals surface area contributed by atoms with Crippen LogP contribution in [-0.2, 0) is 6.54 Å². The summed E-state index contributed by atoms with van der Waals surface area (Å²) in [5.74, 6) is 0. The first kappa shape index (κ1) is 11.5. The van der Waals surface area contributed by atoms with Gasteiger partial charge in [0.15, 0.2) is 0 Å². The van der Waals surface area contributed by atoms with Gasteiger partial charge in [-0.25, -0.2) is 4.98 Å². The van der Waals surface area contributed by atoms with Crippen LogP contribution in [0, 0.1) is 0 Å². The van der Waals surface area contributed by atoms with E-state index in [1.807, 2.05) is 12.1 Å². The summed E-state index contributed by atoms with van der Waals surface area (Å²) in [7, 11) is 0. The van der Waals surface area contributed by atoms with Gasteiger partial charge in [-0.2, -0.15) is 0 Å². The average Bonchev–Trinajstić information content (AvgIpc) is 3.08. The number of pyridine rings is 1. The molecule has 0 aromatic carbocycles. The normalized spacial score (nSPS) is 10.7. The van der Waals surface area contributed by atoms with E-state index in [4.69, 9.17) is 5.73 Å². The summed E-state index contributed by atoms with van der Waals surface area (Å²) >= 11 is 3.39. The van der Waals surface area contributed by atoms with E-state index < -0.39 is 0 Å². The maximum Gasteiger partial charge on any atom is 0.108 e. The molecule has 0 fully saturated rings. The SMILES string of the molecule is NCc1nc(-c2ccncc2)c(-c2cccs2)s1. The molecule has 0 radical (unpaired) electrons. The van der Waals surface area contributed by atoms with Crippen molar-refractivity contribution in [1.29, 1.82) is 0 Å². The second kappa shape index (κ2) is 4.97. The third-order valence-corrected chi connectivity index (χ3v) is 4.67. The number of hydrogen-bond acceptors (Lipinski definition) is 5. The number of nitrogens with two attached hydrogens (primary N) is 1. The van der Waals surface area contributed by atoms with Gasteiger partial charge in [-0.1, -0.05) is 6.07 Å². The van der Waals surface area contributed by atoms with Gasteiger partial charge < -0.3 is 5.73 Å². The monoisotopic (exact) mass is 273 g/mol. The van der Waals surface area contributed by atoms with Gasteiger partial charge in [0.05, 0.1) is 10.6 Å². The molecule has 0 bridgehead atoms. The zero-order valence-corrected chi connectivity index (χ0v) is 11.2. The highest BCUT2D eigenvalue weighted by Gasteiger charge is 2.14. The first-order chi connectivity index (χ1) is 8.88. The molecule has 0 saturated heterocycles. The molecule has 5 heteroatoms. The summed E-state index contributed by atoms with van der Waals surface area (Å²) in [6, 6.07) is 8.13. The third kappa shape index (κ3) is 2.08. The molecule has 3 heterocycles. The fraction of sp³-hybridized carbons (Fsp3) is 0.0769. The molecule has 2 N–H and O–H groups in total. The first-order valence-electron chi connectivity index (χ1n) is 5.52. The van der Waals surface area contributed by atoms with E-state index in [2.05, 4.69) is 27.5 Å². The Balaban J connectivity index is 2.17. The largest absolute Gasteiger partial charge is 0.325 e. The van der Waals surface area contributed by atoms with Crippen molar-refractivity contribution in [2.24, 2.45) is 5.73 Å². The van der Waals surface area contributed by atoms with Gasteiger partial charge in [0.2, 0.25) is 0 Å². The molecule has 0 unspecified atom stereocenters. The Bertz CT molecular complexity index is 630. The maximum atomic E-state index is 5.70. The molecule has 0 aliphatic carbocycles. The lowest BCUT2D eigenvalue weighted by molar-refractivity contribution is 1.04. The van der Waals surface area contributed by atoms with Crippen molar-refractivity contribution >= 4 is 22.7 Å². The van der Waals surface area contributed by atoms with Crippen LogP contribution in [0.2, 0.25) is 0 Å². The number of thiazole rings is 1. The van der Waals surface area contributed by atoms with Crippen LogP contribution in [0.3, 0.4) is 0 Å². The number of hydrogen-bond donors (Lipinski definition) is 1. The average molecular weight is 273 g/mol. The lowest BCUT2D eigenvalue weighted by atomic mass is 10.1. The highest BCUT2D eigenvalue weighted by molar-refractivity contribution is 7.21. The fourth-order valence-corrected chi connectivity index (χ4v) is 3.55. The van der Waals surface area contributed by atoms with Crippen LogP contribution in [0.5, 0.6) is 0 Å². The molecule has 3 aromatic heterocycles. The van der Waals surface area contributed by atoms with Gasteiger partial charge >= 0.3 is 0 Å². The van der Waals surface area contributed by atoms with Crippen LogP contribution in [0.4, 0.5) is 0 Å². The lowest BCUT2D eigenvalue weighted by Gasteiger charge is -1.99. The molecule has 0 spiro atoms. The fourth-order valence-electron chi connectivity index (χ4n) is 1.73. The van der Waals surface area contributed by atoms with Gasteiger partial charge in [-0.05, 0) is 23.6 Å². The second-order valence-corrected chi connectivity index (χ2v) is 5.73. The third-order valence-electron chi connectivity index (χ3n) is 2.54. The van der Waals surface area contributed by atoms with Crippen molar-refractivity contribution in [3.63, 3.8) is 0 Å². The topological polar surface area (TPSA) is 51.8 Å². The van der Waals surface area contributed by atoms with Gasteiger partial charge in [-0.3, -0.25) is 4.98 Å². The molecule has 90 valence electrons. The summed E-state index contributed by atoms with van der Waals surface area (Å²) in [6.07, 6.45) is 3.57. The Labute approximate surface area is 113 Å². The Morgan fingerprint density at radius 1 is 1.17 bits per heavy atom. The highest BCUT2D eigenvalue weighted by atomic mass is 32.1. The molecule has 3 aromatic rings. The van der Waals surface area contributed by atoms with Gasteiger partial charge in [-0.15, -0.1) is 22.7 Å². The standard InChI is InChI=1S/C13H11N3S2/c14-8-11-16-12(9-3-5-15-6-4-9)13(18-11)10-2-1-7-17-10/h1-7H,8,14H2. The summed E-state index contributed by atoms with van der Waals surface area (Å²) in [4.78, 5) is 11.1. The van der Waals surface area contributed by atoms with Gasteiger partial charge in [0.1, 0.15) is 5.01 Å². The number of rotatable bonds is 3. The van der Waals surface area contributed by atoms with Crippen molar-refractivity contribution in [2.75, 3.05) is 0 Å². The number of nitrogens with zero attached hydrogens (tertiary/aromatic N) is 2. The summed E-state index contributed by atoms with van der Waals surface area (Å²) in [6.45, 7) is 0.480. The Hall–Kier alpha value is -1.56. The first-order valence-corrected chi connectivity index (χ1v) is 7.22. The number of thiophene rings is 1. The summed E-state index contributed by atoms with van der Waals surface area (Å²) in [5.41, 5.74) is 7.79. The van der Waals surface area contributed by atoms with Crippen LogP contribution in [-0.4, -0.2) is 9.97 Å². The van der Waals surface area contributed by atoms with E-state index in [9.17, 15) is 0 Å². The predicted octanol–water partition coefficient (Wildman–Crippen LogP) is 3.39. The molecule has 0 aliphatic rings. The zero-order valence-electron chi connectivity index (χ0n) is 9.54. The van der Waals surface area contributed by atoms with Crippen molar-refractivity contribution in [1.82, 2.24) is 9.97 Å². The highest BCUT2D eigenvalue weighted by Crippen LogP contribution is 2.38. The molecule has 0 amide bonds. The van der Waals surface area contributed by atoms with Crippen molar-refractivity contribution in [3.8, 4) is 21.0 Å². The van der Waals surface area contributed by atoms with Crippen molar-refractivity contribution < 1.29 is 0 Å². The van der Waals surface area contributed by atoms with Gasteiger partial charge in [0, 0.05) is 29.4 Å². The molecule has 3 rings (SSSR count). The van der Waals surface area contributed by atoms with Gasteiger partial charge in [0.25, 0.3) is 0 Å². The number of aromatic nitrogens is 2. The summed E-state index contributed by atoms with van der Waals surface area (Å²) < 4.78 is 0. The predicted molar refractivity (Wildman–Crippen MR) is 76.5 cm³/mol. The van der Waals surface area contributed by atoms with Crippen LogP contribution in [0.1, 0.15) is 5.01 Å². The van der Waals surface area contributed by atoms with E-state index in [0.717, 1.165) is 16.3 Å².